The maximum absolute atomic E-state index is 12.8. The van der Waals surface area contributed by atoms with Crippen LogP contribution in [0.4, 0.5) is 13.2 Å². The molecule has 1 saturated heterocycles. The SMILES string of the molecule is O=S(=O)(c1ccc(Cl)c(C(F)(F)F)c1)N1CCC(O)CC1. The topological polar surface area (TPSA) is 57.6 Å². The minimum absolute atomic E-state index is 0.0769. The maximum Gasteiger partial charge on any atom is 0.417 e. The second kappa shape index (κ2) is 5.75. The molecule has 1 aliphatic rings. The summed E-state index contributed by atoms with van der Waals surface area (Å²) in [5.41, 5.74) is -1.18. The summed E-state index contributed by atoms with van der Waals surface area (Å²) in [7, 11) is -4.02. The molecule has 0 amide bonds. The molecule has 4 nitrogen and oxygen atoms in total. The van der Waals surface area contributed by atoms with E-state index in [2.05, 4.69) is 0 Å². The van der Waals surface area contributed by atoms with Crippen molar-refractivity contribution in [1.29, 1.82) is 0 Å². The first-order valence-corrected chi connectivity index (χ1v) is 7.99. The number of halogens is 4. The zero-order valence-corrected chi connectivity index (χ0v) is 12.3. The number of aliphatic hydroxyl groups is 1. The first-order chi connectivity index (χ1) is 9.62. The number of aliphatic hydroxyl groups excluding tert-OH is 1. The van der Waals surface area contributed by atoms with Gasteiger partial charge in [-0.05, 0) is 31.0 Å². The van der Waals surface area contributed by atoms with Gasteiger partial charge in [0.1, 0.15) is 0 Å². The van der Waals surface area contributed by atoms with E-state index in [1.54, 1.807) is 0 Å². The molecule has 118 valence electrons. The normalized spacial score (nSPS) is 18.9. The van der Waals surface area contributed by atoms with Crippen molar-refractivity contribution in [3.05, 3.63) is 28.8 Å². The van der Waals surface area contributed by atoms with Gasteiger partial charge < -0.3 is 5.11 Å². The third kappa shape index (κ3) is 3.50. The smallest absolute Gasteiger partial charge is 0.393 e. The van der Waals surface area contributed by atoms with Gasteiger partial charge in [0.25, 0.3) is 0 Å². The van der Waals surface area contributed by atoms with Crippen LogP contribution in [-0.2, 0) is 16.2 Å². The number of nitrogens with zero attached hydrogens (tertiary/aromatic N) is 1. The summed E-state index contributed by atoms with van der Waals surface area (Å²) in [6.45, 7) is 0.154. The van der Waals surface area contributed by atoms with Gasteiger partial charge in [-0.25, -0.2) is 8.42 Å². The second-order valence-electron chi connectivity index (χ2n) is 4.77. The Morgan fingerprint density at radius 1 is 1.24 bits per heavy atom. The van der Waals surface area contributed by atoms with E-state index in [0.717, 1.165) is 16.4 Å². The molecule has 0 spiro atoms. The molecule has 0 radical (unpaired) electrons. The van der Waals surface area contributed by atoms with Crippen LogP contribution in [0, 0.1) is 0 Å². The van der Waals surface area contributed by atoms with Crippen molar-refractivity contribution in [3.63, 3.8) is 0 Å². The van der Waals surface area contributed by atoms with Gasteiger partial charge in [-0.15, -0.1) is 0 Å². The lowest BCUT2D eigenvalue weighted by atomic mass is 10.1. The molecule has 1 heterocycles. The summed E-state index contributed by atoms with van der Waals surface area (Å²) in [5.74, 6) is 0. The lowest BCUT2D eigenvalue weighted by Gasteiger charge is -2.29. The van der Waals surface area contributed by atoms with E-state index in [9.17, 15) is 26.7 Å². The van der Waals surface area contributed by atoms with Gasteiger partial charge in [0.05, 0.1) is 21.6 Å². The molecule has 0 atom stereocenters. The summed E-state index contributed by atoms with van der Waals surface area (Å²) in [6, 6.07) is 2.52. The van der Waals surface area contributed by atoms with Crippen LogP contribution >= 0.6 is 11.6 Å². The van der Waals surface area contributed by atoms with Crippen LogP contribution in [0.5, 0.6) is 0 Å². The number of hydrogen-bond acceptors (Lipinski definition) is 3. The van der Waals surface area contributed by atoms with Gasteiger partial charge >= 0.3 is 6.18 Å². The number of piperidine rings is 1. The van der Waals surface area contributed by atoms with E-state index < -0.39 is 37.8 Å². The van der Waals surface area contributed by atoms with E-state index in [1.165, 1.54) is 0 Å². The molecule has 9 heteroatoms. The van der Waals surface area contributed by atoms with Gasteiger partial charge in [-0.3, -0.25) is 0 Å². The molecule has 1 fully saturated rings. The van der Waals surface area contributed by atoms with Crippen LogP contribution in [0.15, 0.2) is 23.1 Å². The number of hydrogen-bond donors (Lipinski definition) is 1. The van der Waals surface area contributed by atoms with Crippen LogP contribution in [0.3, 0.4) is 0 Å². The Morgan fingerprint density at radius 3 is 2.33 bits per heavy atom. The van der Waals surface area contributed by atoms with E-state index in [4.69, 9.17) is 11.6 Å². The first-order valence-electron chi connectivity index (χ1n) is 6.17. The Kier molecular flexibility index (Phi) is 4.53. The number of benzene rings is 1. The molecule has 2 rings (SSSR count). The highest BCUT2D eigenvalue weighted by atomic mass is 35.5. The average molecular weight is 344 g/mol. The number of alkyl halides is 3. The van der Waals surface area contributed by atoms with Gasteiger partial charge in [-0.2, -0.15) is 17.5 Å². The van der Waals surface area contributed by atoms with Crippen molar-refractivity contribution in [2.75, 3.05) is 13.1 Å². The zero-order chi connectivity index (χ0) is 15.8. The molecule has 1 aliphatic heterocycles. The van der Waals surface area contributed by atoms with Crippen LogP contribution in [0.2, 0.25) is 5.02 Å². The highest BCUT2D eigenvalue weighted by Gasteiger charge is 2.36. The van der Waals surface area contributed by atoms with Gasteiger partial charge in [0.15, 0.2) is 0 Å². The molecular formula is C12H13ClF3NO3S. The minimum Gasteiger partial charge on any atom is -0.393 e. The molecule has 21 heavy (non-hydrogen) atoms. The fraction of sp³-hybridized carbons (Fsp3) is 0.500. The molecule has 1 N–H and O–H groups in total. The van der Waals surface area contributed by atoms with Crippen LogP contribution in [0.25, 0.3) is 0 Å². The van der Waals surface area contributed by atoms with E-state index >= 15 is 0 Å². The Hall–Kier alpha value is -0.830. The Balaban J connectivity index is 2.37. The van der Waals surface area contributed by atoms with Crippen LogP contribution in [-0.4, -0.2) is 37.0 Å². The summed E-state index contributed by atoms with van der Waals surface area (Å²) >= 11 is 5.47. The molecule has 1 aromatic rings. The standard InChI is InChI=1S/C12H13ClF3NO3S/c13-11-2-1-9(7-10(11)12(14,15)16)21(19,20)17-5-3-8(18)4-6-17/h1-2,7-8,18H,3-6H2. The molecule has 0 saturated carbocycles. The summed E-state index contributed by atoms with van der Waals surface area (Å²) < 4.78 is 64.1. The van der Waals surface area contributed by atoms with E-state index in [0.29, 0.717) is 6.07 Å². The fourth-order valence-corrected chi connectivity index (χ4v) is 3.83. The fourth-order valence-electron chi connectivity index (χ4n) is 2.11. The lowest BCUT2D eigenvalue weighted by molar-refractivity contribution is -0.137. The molecule has 0 unspecified atom stereocenters. The van der Waals surface area contributed by atoms with Gasteiger partial charge in [0, 0.05) is 13.1 Å². The molecule has 0 bridgehead atoms. The molecule has 0 aliphatic carbocycles. The Morgan fingerprint density at radius 2 is 1.81 bits per heavy atom. The molecular weight excluding hydrogens is 331 g/mol. The highest BCUT2D eigenvalue weighted by Crippen LogP contribution is 2.36. The quantitative estimate of drug-likeness (QED) is 0.897. The van der Waals surface area contributed by atoms with Crippen molar-refractivity contribution in [2.45, 2.75) is 30.0 Å². The predicted octanol–water partition coefficient (Wildman–Crippen LogP) is 2.50. The van der Waals surface area contributed by atoms with Crippen LogP contribution in [0.1, 0.15) is 18.4 Å². The van der Waals surface area contributed by atoms with Crippen LogP contribution < -0.4 is 0 Å². The third-order valence-electron chi connectivity index (χ3n) is 3.30. The highest BCUT2D eigenvalue weighted by molar-refractivity contribution is 7.89. The average Bonchev–Trinajstić information content (AvgIpc) is 2.38. The van der Waals surface area contributed by atoms with Crippen molar-refractivity contribution in [3.8, 4) is 0 Å². The summed E-state index contributed by atoms with van der Waals surface area (Å²) in [5, 5.41) is 8.82. The lowest BCUT2D eigenvalue weighted by Crippen LogP contribution is -2.40. The zero-order valence-electron chi connectivity index (χ0n) is 10.8. The Labute approximate surface area is 125 Å². The molecule has 1 aromatic carbocycles. The summed E-state index contributed by atoms with van der Waals surface area (Å²) in [4.78, 5) is -0.449. The molecule has 0 aromatic heterocycles. The second-order valence-corrected chi connectivity index (χ2v) is 7.12. The largest absolute Gasteiger partial charge is 0.417 e. The van der Waals surface area contributed by atoms with Crippen molar-refractivity contribution in [2.24, 2.45) is 0 Å². The van der Waals surface area contributed by atoms with Gasteiger partial charge in [0.2, 0.25) is 10.0 Å². The predicted molar refractivity (Wildman–Crippen MR) is 70.5 cm³/mol. The van der Waals surface area contributed by atoms with Gasteiger partial charge in [-0.1, -0.05) is 11.6 Å². The maximum atomic E-state index is 12.8. The number of rotatable bonds is 2. The monoisotopic (exact) mass is 343 g/mol. The van der Waals surface area contributed by atoms with Crippen molar-refractivity contribution in [1.82, 2.24) is 4.31 Å². The minimum atomic E-state index is -4.72. The Bertz CT molecular complexity index is 625. The number of sulfonamides is 1. The summed E-state index contributed by atoms with van der Waals surface area (Å²) in [6.07, 6.45) is -4.77. The van der Waals surface area contributed by atoms with E-state index in [1.807, 2.05) is 0 Å². The third-order valence-corrected chi connectivity index (χ3v) is 5.53. The first kappa shape index (κ1) is 16.5. The van der Waals surface area contributed by atoms with Crippen molar-refractivity contribution >= 4 is 21.6 Å². The van der Waals surface area contributed by atoms with E-state index in [-0.39, 0.29) is 25.9 Å². The van der Waals surface area contributed by atoms with Crippen molar-refractivity contribution < 1.29 is 26.7 Å².